The molecule has 2 aromatic carbocycles. The molecule has 0 spiro atoms. The van der Waals surface area contributed by atoms with Gasteiger partial charge in [0, 0.05) is 5.56 Å². The molecule has 0 saturated carbocycles. The molecule has 0 aromatic heterocycles. The van der Waals surface area contributed by atoms with E-state index in [9.17, 15) is 32.3 Å². The molecule has 1 fully saturated rings. The number of imide groups is 1. The minimum absolute atomic E-state index is 0.0371. The van der Waals surface area contributed by atoms with Gasteiger partial charge in [0.15, 0.2) is 35.6 Å². The van der Waals surface area contributed by atoms with E-state index in [1.165, 1.54) is 18.2 Å². The number of benzene rings is 2. The van der Waals surface area contributed by atoms with E-state index in [1.807, 2.05) is 5.32 Å². The largest absolute Gasteiger partial charge is 0.490 e. The fourth-order valence-corrected chi connectivity index (χ4v) is 3.77. The summed E-state index contributed by atoms with van der Waals surface area (Å²) >= 11 is 0.507. The molecule has 0 radical (unpaired) electrons. The molecule has 1 saturated heterocycles. The summed E-state index contributed by atoms with van der Waals surface area (Å²) in [5, 5.41) is 10.1. The van der Waals surface area contributed by atoms with Gasteiger partial charge in [-0.2, -0.15) is 0 Å². The highest BCUT2D eigenvalue weighted by molar-refractivity contribution is 8.18. The third-order valence-electron chi connectivity index (χ3n) is 4.42. The Bertz CT molecular complexity index is 1240. The third kappa shape index (κ3) is 5.93. The monoisotopic (exact) mass is 510 g/mol. The summed E-state index contributed by atoms with van der Waals surface area (Å²) in [7, 11) is 0. The number of nitrogens with one attached hydrogen (secondary N) is 1. The topological polar surface area (TPSA) is 122 Å². The molecule has 1 aliphatic rings. The van der Waals surface area contributed by atoms with Crippen LogP contribution in [0.4, 0.5) is 23.7 Å². The van der Waals surface area contributed by atoms with Crippen LogP contribution in [-0.2, 0) is 14.4 Å². The Balaban J connectivity index is 1.80. The fraction of sp³-hybridized carbons (Fsp3) is 0.182. The van der Waals surface area contributed by atoms with E-state index in [0.29, 0.717) is 22.7 Å². The first-order valence-electron chi connectivity index (χ1n) is 9.91. The maximum absolute atomic E-state index is 13.8. The van der Waals surface area contributed by atoms with Crippen LogP contribution in [-0.4, -0.2) is 52.8 Å². The lowest BCUT2D eigenvalue weighted by Crippen LogP contribution is -2.36. The number of halogens is 3. The van der Waals surface area contributed by atoms with Crippen LogP contribution in [0, 0.1) is 17.5 Å². The van der Waals surface area contributed by atoms with Gasteiger partial charge in [-0.05, 0) is 43.0 Å². The quantitative estimate of drug-likeness (QED) is 0.387. The van der Waals surface area contributed by atoms with Gasteiger partial charge >= 0.3 is 5.97 Å². The normalized spacial score (nSPS) is 14.4. The predicted molar refractivity (Wildman–Crippen MR) is 118 cm³/mol. The van der Waals surface area contributed by atoms with Crippen molar-refractivity contribution in [2.45, 2.75) is 6.92 Å². The first kappa shape index (κ1) is 25.6. The van der Waals surface area contributed by atoms with Gasteiger partial charge < -0.3 is 19.9 Å². The van der Waals surface area contributed by atoms with Crippen molar-refractivity contribution in [2.24, 2.45) is 0 Å². The first-order chi connectivity index (χ1) is 16.6. The smallest absolute Gasteiger partial charge is 0.341 e. The summed E-state index contributed by atoms with van der Waals surface area (Å²) in [4.78, 5) is 48.7. The number of hydrogen-bond donors (Lipinski definition) is 2. The zero-order valence-electron chi connectivity index (χ0n) is 18.0. The van der Waals surface area contributed by atoms with E-state index >= 15 is 0 Å². The van der Waals surface area contributed by atoms with Crippen molar-refractivity contribution in [3.8, 4) is 11.5 Å². The van der Waals surface area contributed by atoms with E-state index in [4.69, 9.17) is 14.6 Å². The van der Waals surface area contributed by atoms with Crippen molar-refractivity contribution >= 4 is 46.5 Å². The van der Waals surface area contributed by atoms with Crippen LogP contribution in [0.1, 0.15) is 12.5 Å². The predicted octanol–water partition coefficient (Wildman–Crippen LogP) is 3.64. The average molecular weight is 510 g/mol. The summed E-state index contributed by atoms with van der Waals surface area (Å²) in [5.41, 5.74) is -0.416. The van der Waals surface area contributed by atoms with Gasteiger partial charge in [-0.1, -0.05) is 12.1 Å². The summed E-state index contributed by atoms with van der Waals surface area (Å²) in [6.07, 6.45) is 1.28. The van der Waals surface area contributed by atoms with Crippen molar-refractivity contribution in [1.29, 1.82) is 0 Å². The maximum Gasteiger partial charge on any atom is 0.341 e. The number of carboxylic acids is 1. The average Bonchev–Trinajstić information content (AvgIpc) is 3.06. The second-order valence-electron chi connectivity index (χ2n) is 6.83. The molecule has 1 heterocycles. The van der Waals surface area contributed by atoms with Crippen LogP contribution >= 0.6 is 11.8 Å². The summed E-state index contributed by atoms with van der Waals surface area (Å²) in [6.45, 7) is 0.447. The second kappa shape index (κ2) is 11.0. The molecule has 9 nitrogen and oxygen atoms in total. The summed E-state index contributed by atoms with van der Waals surface area (Å²) in [6, 6.07) is 6.01. The van der Waals surface area contributed by atoms with E-state index < -0.39 is 59.3 Å². The first-order valence-corrected chi connectivity index (χ1v) is 10.7. The molecule has 0 aliphatic carbocycles. The Kier molecular flexibility index (Phi) is 8.02. The van der Waals surface area contributed by atoms with E-state index in [2.05, 4.69) is 0 Å². The zero-order valence-corrected chi connectivity index (χ0v) is 18.8. The number of aliphatic carboxylic acids is 1. The lowest BCUT2D eigenvalue weighted by atomic mass is 10.1. The number of ether oxygens (including phenoxy) is 2. The number of nitrogens with zero attached hydrogens (tertiary/aromatic N) is 1. The highest BCUT2D eigenvalue weighted by Crippen LogP contribution is 2.37. The zero-order chi connectivity index (χ0) is 25.7. The molecule has 2 aromatic rings. The summed E-state index contributed by atoms with van der Waals surface area (Å²) in [5.74, 6) is -7.73. The van der Waals surface area contributed by atoms with Crippen LogP contribution in [0.25, 0.3) is 6.08 Å². The Morgan fingerprint density at radius 2 is 1.86 bits per heavy atom. The highest BCUT2D eigenvalue weighted by atomic mass is 32.2. The Labute approximate surface area is 200 Å². The van der Waals surface area contributed by atoms with Gasteiger partial charge in [0.2, 0.25) is 5.91 Å². The van der Waals surface area contributed by atoms with Gasteiger partial charge in [-0.3, -0.25) is 19.3 Å². The molecule has 0 unspecified atom stereocenters. The van der Waals surface area contributed by atoms with Gasteiger partial charge in [-0.15, -0.1) is 0 Å². The number of rotatable bonds is 9. The number of para-hydroxylation sites is 1. The minimum atomic E-state index is -1.79. The molecule has 0 bridgehead atoms. The van der Waals surface area contributed by atoms with Gasteiger partial charge in [-0.25, -0.2) is 18.0 Å². The van der Waals surface area contributed by atoms with Crippen LogP contribution in [0.3, 0.4) is 0 Å². The molecular weight excluding hydrogens is 493 g/mol. The van der Waals surface area contributed by atoms with E-state index in [0.717, 1.165) is 6.07 Å². The second-order valence-corrected chi connectivity index (χ2v) is 7.82. The minimum Gasteiger partial charge on any atom is -0.490 e. The number of thioether (sulfide) groups is 1. The van der Waals surface area contributed by atoms with Crippen molar-refractivity contribution < 1.29 is 46.9 Å². The summed E-state index contributed by atoms with van der Waals surface area (Å²) < 4.78 is 50.9. The van der Waals surface area contributed by atoms with Crippen molar-refractivity contribution in [2.75, 3.05) is 25.1 Å². The van der Waals surface area contributed by atoms with Gasteiger partial charge in [0.1, 0.15) is 6.54 Å². The standard InChI is InChI=1S/C22H17F3N2O7S/c1-2-33-14-5-3-4-11(20(14)34-10-17(29)30)8-15-21(31)27(22(32)35-15)9-16(28)26-13-7-6-12(23)18(24)19(13)25/h3-8H,2,9-10H2,1H3,(H,26,28)(H,29,30)/b15-8-. The fourth-order valence-electron chi connectivity index (χ4n) is 2.94. The molecule has 13 heteroatoms. The lowest BCUT2D eigenvalue weighted by Gasteiger charge is -2.14. The van der Waals surface area contributed by atoms with Gasteiger partial charge in [0.05, 0.1) is 17.2 Å². The number of amides is 3. The molecule has 3 rings (SSSR count). The number of anilines is 1. The van der Waals surface area contributed by atoms with E-state index in [-0.39, 0.29) is 28.6 Å². The van der Waals surface area contributed by atoms with Crippen LogP contribution in [0.15, 0.2) is 35.2 Å². The van der Waals surface area contributed by atoms with Crippen molar-refractivity contribution in [1.82, 2.24) is 4.90 Å². The Morgan fingerprint density at radius 1 is 1.11 bits per heavy atom. The Hall–Kier alpha value is -4.00. The van der Waals surface area contributed by atoms with Crippen LogP contribution in [0.5, 0.6) is 11.5 Å². The molecule has 35 heavy (non-hydrogen) atoms. The lowest BCUT2D eigenvalue weighted by molar-refractivity contribution is -0.139. The maximum atomic E-state index is 13.8. The van der Waals surface area contributed by atoms with Crippen LogP contribution in [0.2, 0.25) is 0 Å². The third-order valence-corrected chi connectivity index (χ3v) is 5.33. The highest BCUT2D eigenvalue weighted by Gasteiger charge is 2.36. The Morgan fingerprint density at radius 3 is 2.54 bits per heavy atom. The number of carbonyl (C=O) groups is 4. The molecule has 0 atom stereocenters. The molecule has 3 amide bonds. The van der Waals surface area contributed by atoms with E-state index in [1.54, 1.807) is 13.0 Å². The number of carbonyl (C=O) groups excluding carboxylic acids is 3. The molecule has 2 N–H and O–H groups in total. The van der Waals surface area contributed by atoms with Crippen molar-refractivity contribution in [3.05, 3.63) is 58.3 Å². The van der Waals surface area contributed by atoms with Crippen LogP contribution < -0.4 is 14.8 Å². The molecule has 184 valence electrons. The number of hydrogen-bond acceptors (Lipinski definition) is 7. The van der Waals surface area contributed by atoms with Gasteiger partial charge in [0.25, 0.3) is 11.1 Å². The van der Waals surface area contributed by atoms with Crippen molar-refractivity contribution in [3.63, 3.8) is 0 Å². The molecular formula is C22H17F3N2O7S. The molecule has 1 aliphatic heterocycles. The SMILES string of the molecule is CCOc1cccc(/C=C2\SC(=O)N(CC(=O)Nc3ccc(F)c(F)c3F)C2=O)c1OCC(=O)O. The number of carboxylic acid groups (broad SMARTS) is 1.